The van der Waals surface area contributed by atoms with Crippen LogP contribution in [0.15, 0.2) is 60.7 Å². The summed E-state index contributed by atoms with van der Waals surface area (Å²) < 4.78 is 52.2. The second-order valence-corrected chi connectivity index (χ2v) is 6.31. The normalized spacial score (nSPS) is 13.1. The Hall–Kier alpha value is -2.40. The van der Waals surface area contributed by atoms with Crippen molar-refractivity contribution in [3.63, 3.8) is 0 Å². The number of fused-ring (bicyclic) bond motifs is 1. The van der Waals surface area contributed by atoms with Gasteiger partial charge < -0.3 is 5.32 Å². The largest absolute Gasteiger partial charge is 0.416 e. The second-order valence-electron chi connectivity index (χ2n) is 6.31. The Kier molecular flexibility index (Phi) is 5.28. The zero-order valence-electron chi connectivity index (χ0n) is 14.3. The molecule has 0 amide bonds. The van der Waals surface area contributed by atoms with Gasteiger partial charge in [0.2, 0.25) is 0 Å². The molecule has 0 bridgehead atoms. The smallest absolute Gasteiger partial charge is 0.310 e. The number of hydrogen-bond donors (Lipinski definition) is 1. The Balaban J connectivity index is 1.69. The van der Waals surface area contributed by atoms with Crippen molar-refractivity contribution in [1.82, 2.24) is 5.32 Å². The number of rotatable bonds is 5. The monoisotopic (exact) mass is 360 g/mol. The molecule has 136 valence electrons. The fourth-order valence-corrected chi connectivity index (χ4v) is 3.11. The van der Waals surface area contributed by atoms with E-state index in [2.05, 4.69) is 5.32 Å². The number of hydrogen-bond acceptors (Lipinski definition) is 1. The molecule has 0 saturated heterocycles. The quantitative estimate of drug-likeness (QED) is 0.559. The summed E-state index contributed by atoms with van der Waals surface area (Å²) in [6.45, 7) is 2.49. The summed E-state index contributed by atoms with van der Waals surface area (Å²) in [6, 6.07) is 15.8. The van der Waals surface area contributed by atoms with Crippen molar-refractivity contribution in [2.45, 2.75) is 25.6 Å². The summed E-state index contributed by atoms with van der Waals surface area (Å²) in [5, 5.41) is 4.72. The van der Waals surface area contributed by atoms with Crippen molar-refractivity contribution in [1.29, 1.82) is 0 Å². The number of benzene rings is 3. The maximum absolute atomic E-state index is 13.9. The minimum absolute atomic E-state index is 0.0497. The average Bonchev–Trinajstić information content (AvgIpc) is 2.62. The third-order valence-electron chi connectivity index (χ3n) is 4.49. The van der Waals surface area contributed by atoms with Gasteiger partial charge in [-0.05, 0) is 48.5 Å². The van der Waals surface area contributed by atoms with Crippen molar-refractivity contribution < 1.29 is 17.6 Å². The van der Waals surface area contributed by atoms with Gasteiger partial charge >= 0.3 is 6.18 Å². The van der Waals surface area contributed by atoms with Gasteiger partial charge in [0.05, 0.1) is 5.56 Å². The van der Waals surface area contributed by atoms with Gasteiger partial charge in [-0.3, -0.25) is 0 Å². The van der Waals surface area contributed by atoms with E-state index in [0.717, 1.165) is 17.0 Å². The lowest BCUT2D eigenvalue weighted by Crippen LogP contribution is -2.21. The van der Waals surface area contributed by atoms with Crippen molar-refractivity contribution in [3.05, 3.63) is 83.2 Å². The van der Waals surface area contributed by atoms with E-state index in [4.69, 9.17) is 0 Å². The lowest BCUT2D eigenvalue weighted by Gasteiger charge is -2.17. The molecule has 0 spiro atoms. The number of halogens is 4. The second kappa shape index (κ2) is 7.46. The van der Waals surface area contributed by atoms with E-state index in [-0.39, 0.29) is 11.9 Å². The van der Waals surface area contributed by atoms with Crippen LogP contribution in [0, 0.1) is 5.82 Å². The van der Waals surface area contributed by atoms with Crippen molar-refractivity contribution in [3.8, 4) is 0 Å². The third kappa shape index (κ3) is 4.05. The highest BCUT2D eigenvalue weighted by Gasteiger charge is 2.30. The predicted octanol–water partition coefficient (Wildman–Crippen LogP) is 5.89. The first-order valence-corrected chi connectivity index (χ1v) is 8.43. The summed E-state index contributed by atoms with van der Waals surface area (Å²) >= 11 is 0. The number of alkyl halides is 3. The first kappa shape index (κ1) is 18.4. The fourth-order valence-electron chi connectivity index (χ4n) is 3.11. The van der Waals surface area contributed by atoms with E-state index < -0.39 is 11.7 Å². The molecule has 5 heteroatoms. The zero-order chi connectivity index (χ0) is 18.7. The van der Waals surface area contributed by atoms with Gasteiger partial charge in [-0.15, -0.1) is 0 Å². The fraction of sp³-hybridized carbons (Fsp3) is 0.238. The molecule has 0 heterocycles. The Bertz CT molecular complexity index is 902. The van der Waals surface area contributed by atoms with E-state index in [0.29, 0.717) is 23.9 Å². The maximum Gasteiger partial charge on any atom is 0.416 e. The first-order chi connectivity index (χ1) is 12.4. The van der Waals surface area contributed by atoms with Crippen LogP contribution in [0.5, 0.6) is 0 Å². The lowest BCUT2D eigenvalue weighted by molar-refractivity contribution is -0.137. The van der Waals surface area contributed by atoms with Gasteiger partial charge in [0.25, 0.3) is 0 Å². The minimum atomic E-state index is -4.33. The Labute approximate surface area is 149 Å². The molecule has 3 rings (SSSR count). The van der Waals surface area contributed by atoms with Crippen LogP contribution in [-0.4, -0.2) is 6.54 Å². The standard InChI is InChI=1S/C21H19F4N/c1-14(17-9-10-20(22)19-8-3-2-7-18(17)19)26-12-11-15-5-4-6-16(13-15)21(23,24)25/h2-10,13-14,26H,11-12H2,1H3/t14-/m1/s1/i22-1. The molecule has 3 aromatic rings. The number of nitrogens with one attached hydrogen (secondary N) is 1. The van der Waals surface area contributed by atoms with Gasteiger partial charge in [0.1, 0.15) is 5.82 Å². The molecule has 0 aliphatic heterocycles. The highest BCUT2D eigenvalue weighted by molar-refractivity contribution is 5.86. The average molecular weight is 360 g/mol. The molecule has 0 fully saturated rings. The van der Waals surface area contributed by atoms with Crippen LogP contribution in [0.4, 0.5) is 17.6 Å². The molecule has 1 N–H and O–H groups in total. The molecule has 0 unspecified atom stereocenters. The Morgan fingerprint density at radius 3 is 2.38 bits per heavy atom. The molecule has 0 aliphatic rings. The molecular formula is C21H19F4N. The SMILES string of the molecule is C[C@@H](NCCc1cccc(C(F)(F)F)c1)c1ccc([18F])c2ccccc12. The Morgan fingerprint density at radius 2 is 1.65 bits per heavy atom. The van der Waals surface area contributed by atoms with Crippen LogP contribution in [0.3, 0.4) is 0 Å². The van der Waals surface area contributed by atoms with Crippen LogP contribution in [-0.2, 0) is 12.6 Å². The highest BCUT2D eigenvalue weighted by atomic mass is 19.4. The molecule has 0 radical (unpaired) electrons. The maximum atomic E-state index is 13.9. The van der Waals surface area contributed by atoms with Crippen molar-refractivity contribution in [2.75, 3.05) is 6.54 Å². The van der Waals surface area contributed by atoms with Crippen LogP contribution in [0.2, 0.25) is 0 Å². The molecule has 0 aliphatic carbocycles. The predicted molar refractivity (Wildman–Crippen MR) is 95.5 cm³/mol. The summed E-state index contributed by atoms with van der Waals surface area (Å²) in [7, 11) is 0. The third-order valence-corrected chi connectivity index (χ3v) is 4.49. The van der Waals surface area contributed by atoms with E-state index in [1.54, 1.807) is 24.3 Å². The zero-order valence-corrected chi connectivity index (χ0v) is 14.3. The van der Waals surface area contributed by atoms with Gasteiger partial charge in [-0.2, -0.15) is 13.2 Å². The van der Waals surface area contributed by atoms with E-state index >= 15 is 0 Å². The first-order valence-electron chi connectivity index (χ1n) is 8.43. The van der Waals surface area contributed by atoms with Crippen LogP contribution < -0.4 is 5.32 Å². The topological polar surface area (TPSA) is 12.0 Å². The van der Waals surface area contributed by atoms with E-state index in [9.17, 15) is 17.6 Å². The minimum Gasteiger partial charge on any atom is -0.310 e. The van der Waals surface area contributed by atoms with Crippen LogP contribution >= 0.6 is 0 Å². The van der Waals surface area contributed by atoms with Gasteiger partial charge in [-0.25, -0.2) is 4.39 Å². The molecule has 26 heavy (non-hydrogen) atoms. The molecule has 1 atom stereocenters. The van der Waals surface area contributed by atoms with Gasteiger partial charge in [-0.1, -0.05) is 48.5 Å². The summed E-state index contributed by atoms with van der Waals surface area (Å²) in [5.41, 5.74) is 0.960. The van der Waals surface area contributed by atoms with Crippen molar-refractivity contribution in [2.24, 2.45) is 0 Å². The molecular weight excluding hydrogens is 341 g/mol. The van der Waals surface area contributed by atoms with E-state index in [1.807, 2.05) is 19.1 Å². The van der Waals surface area contributed by atoms with Crippen LogP contribution in [0.1, 0.15) is 29.7 Å². The van der Waals surface area contributed by atoms with Gasteiger partial charge in [0, 0.05) is 11.4 Å². The van der Waals surface area contributed by atoms with Gasteiger partial charge in [0.15, 0.2) is 0 Å². The summed E-state index contributed by atoms with van der Waals surface area (Å²) in [5.74, 6) is -0.263. The summed E-state index contributed by atoms with van der Waals surface area (Å²) in [6.07, 6.45) is -3.85. The van der Waals surface area contributed by atoms with E-state index in [1.165, 1.54) is 18.2 Å². The molecule has 1 nitrogen and oxygen atoms in total. The van der Waals surface area contributed by atoms with Crippen LogP contribution in [0.25, 0.3) is 10.8 Å². The Morgan fingerprint density at radius 1 is 0.923 bits per heavy atom. The molecule has 0 aromatic heterocycles. The summed E-state index contributed by atoms with van der Waals surface area (Å²) in [4.78, 5) is 0. The molecule has 0 saturated carbocycles. The lowest BCUT2D eigenvalue weighted by atomic mass is 9.99. The van der Waals surface area contributed by atoms with Crippen molar-refractivity contribution >= 4 is 10.8 Å². The highest BCUT2D eigenvalue weighted by Crippen LogP contribution is 2.30. The molecule has 3 aromatic carbocycles.